The zero-order chi connectivity index (χ0) is 18.4. The minimum Gasteiger partial charge on any atom is -0.493 e. The van der Waals surface area contributed by atoms with Crippen molar-refractivity contribution in [2.24, 2.45) is 0 Å². The molecule has 0 saturated heterocycles. The topological polar surface area (TPSA) is 69.2 Å². The van der Waals surface area contributed by atoms with E-state index in [1.807, 2.05) is 36.4 Å². The predicted octanol–water partition coefficient (Wildman–Crippen LogP) is 5.11. The lowest BCUT2D eigenvalue weighted by molar-refractivity contribution is 0.286. The Morgan fingerprint density at radius 3 is 2.73 bits per heavy atom. The number of fused-ring (bicyclic) bond motifs is 1. The van der Waals surface area contributed by atoms with Gasteiger partial charge in [-0.1, -0.05) is 41.8 Å². The lowest BCUT2D eigenvalue weighted by Gasteiger charge is -2.13. The van der Waals surface area contributed by atoms with Crippen molar-refractivity contribution in [1.29, 1.82) is 0 Å². The highest BCUT2D eigenvalue weighted by atomic mass is 79.9. The van der Waals surface area contributed by atoms with E-state index in [-0.39, 0.29) is 0 Å². The van der Waals surface area contributed by atoms with E-state index in [2.05, 4.69) is 43.6 Å². The van der Waals surface area contributed by atoms with Crippen LogP contribution >= 0.6 is 15.9 Å². The van der Waals surface area contributed by atoms with Crippen molar-refractivity contribution in [1.82, 2.24) is 15.4 Å². The van der Waals surface area contributed by atoms with Crippen LogP contribution in [-0.2, 0) is 0 Å². The van der Waals surface area contributed by atoms with E-state index >= 15 is 0 Å². The molecule has 136 valence electrons. The van der Waals surface area contributed by atoms with Crippen molar-refractivity contribution in [2.75, 3.05) is 19.0 Å². The number of nitrogens with one attached hydrogen (secondary N) is 1. The molecule has 0 spiro atoms. The Labute approximate surface area is 161 Å². The molecule has 3 rings (SSSR count). The number of anilines is 2. The number of benzene rings is 2. The van der Waals surface area contributed by atoms with Crippen molar-refractivity contribution in [2.45, 2.75) is 26.2 Å². The Bertz CT molecular complexity index is 889. The predicted molar refractivity (Wildman–Crippen MR) is 106 cm³/mol. The summed E-state index contributed by atoms with van der Waals surface area (Å²) >= 11 is 3.47. The molecule has 0 aliphatic rings. The van der Waals surface area contributed by atoms with E-state index in [0.29, 0.717) is 29.4 Å². The molecule has 0 aliphatic heterocycles. The van der Waals surface area contributed by atoms with Crippen LogP contribution in [-0.4, -0.2) is 29.1 Å². The van der Waals surface area contributed by atoms with Crippen LogP contribution in [0.3, 0.4) is 0 Å². The SMILES string of the molecule is CCCCCOc1cc2nnnc(Nc3cccc(Br)c3)c2cc1OC. The number of ether oxygens (including phenoxy) is 2. The standard InChI is InChI=1S/C19H21BrN4O2/c1-3-4-5-9-26-18-12-16-15(11-17(18)25-2)19(23-24-22-16)21-14-8-6-7-13(20)10-14/h6-8,10-12H,3-5,9H2,1-2H3,(H,21,22,23). The second-order valence-electron chi connectivity index (χ2n) is 5.85. The van der Waals surface area contributed by atoms with Crippen LogP contribution in [0.5, 0.6) is 11.5 Å². The first-order valence-electron chi connectivity index (χ1n) is 8.57. The van der Waals surface area contributed by atoms with Crippen molar-refractivity contribution >= 4 is 38.3 Å². The Kier molecular flexibility index (Phi) is 6.22. The molecule has 0 bridgehead atoms. The molecule has 0 atom stereocenters. The van der Waals surface area contributed by atoms with Crippen molar-refractivity contribution in [3.63, 3.8) is 0 Å². The number of halogens is 1. The van der Waals surface area contributed by atoms with Crippen LogP contribution in [0.25, 0.3) is 10.9 Å². The zero-order valence-corrected chi connectivity index (χ0v) is 16.4. The first kappa shape index (κ1) is 18.4. The maximum atomic E-state index is 5.87. The number of methoxy groups -OCH3 is 1. The number of rotatable bonds is 8. The van der Waals surface area contributed by atoms with Crippen molar-refractivity contribution in [3.8, 4) is 11.5 Å². The van der Waals surface area contributed by atoms with Gasteiger partial charge in [-0.15, -0.1) is 10.2 Å². The molecule has 0 unspecified atom stereocenters. The Hall–Kier alpha value is -2.41. The van der Waals surface area contributed by atoms with Gasteiger partial charge in [0.2, 0.25) is 0 Å². The van der Waals surface area contributed by atoms with Gasteiger partial charge in [-0.3, -0.25) is 0 Å². The Balaban J connectivity index is 1.91. The van der Waals surface area contributed by atoms with Crippen LogP contribution in [0.2, 0.25) is 0 Å². The van der Waals surface area contributed by atoms with Crippen LogP contribution in [0.15, 0.2) is 40.9 Å². The molecule has 1 N–H and O–H groups in total. The van der Waals surface area contributed by atoms with Crippen LogP contribution in [0, 0.1) is 0 Å². The molecular formula is C19H21BrN4O2. The van der Waals surface area contributed by atoms with E-state index in [9.17, 15) is 0 Å². The van der Waals surface area contributed by atoms with E-state index in [4.69, 9.17) is 9.47 Å². The second kappa shape index (κ2) is 8.80. The summed E-state index contributed by atoms with van der Waals surface area (Å²) in [5.74, 6) is 1.94. The molecule has 26 heavy (non-hydrogen) atoms. The van der Waals surface area contributed by atoms with Crippen molar-refractivity contribution in [3.05, 3.63) is 40.9 Å². The van der Waals surface area contributed by atoms with E-state index in [1.54, 1.807) is 7.11 Å². The molecule has 1 heterocycles. The average Bonchev–Trinajstić information content (AvgIpc) is 2.65. The van der Waals surface area contributed by atoms with E-state index in [0.717, 1.165) is 34.8 Å². The highest BCUT2D eigenvalue weighted by Crippen LogP contribution is 2.34. The quantitative estimate of drug-likeness (QED) is 0.514. The summed E-state index contributed by atoms with van der Waals surface area (Å²) in [7, 11) is 1.63. The van der Waals surface area contributed by atoms with Gasteiger partial charge in [-0.05, 0) is 35.9 Å². The highest BCUT2D eigenvalue weighted by molar-refractivity contribution is 9.10. The van der Waals surface area contributed by atoms with Gasteiger partial charge in [-0.25, -0.2) is 0 Å². The monoisotopic (exact) mass is 416 g/mol. The largest absolute Gasteiger partial charge is 0.493 e. The van der Waals surface area contributed by atoms with Crippen LogP contribution in [0.1, 0.15) is 26.2 Å². The Morgan fingerprint density at radius 2 is 1.96 bits per heavy atom. The van der Waals surface area contributed by atoms with Gasteiger partial charge in [-0.2, -0.15) is 0 Å². The summed E-state index contributed by atoms with van der Waals surface area (Å²) in [5, 5.41) is 16.2. The van der Waals surface area contributed by atoms with Crippen molar-refractivity contribution < 1.29 is 9.47 Å². The Morgan fingerprint density at radius 1 is 1.08 bits per heavy atom. The third-order valence-corrected chi connectivity index (χ3v) is 4.42. The van der Waals surface area contributed by atoms with Gasteiger partial charge in [0.25, 0.3) is 0 Å². The maximum absolute atomic E-state index is 5.87. The van der Waals surface area contributed by atoms with Gasteiger partial charge >= 0.3 is 0 Å². The van der Waals surface area contributed by atoms with Crippen LogP contribution < -0.4 is 14.8 Å². The average molecular weight is 417 g/mol. The molecule has 3 aromatic rings. The fourth-order valence-corrected chi connectivity index (χ4v) is 2.99. The lowest BCUT2D eigenvalue weighted by Crippen LogP contribution is -2.02. The summed E-state index contributed by atoms with van der Waals surface area (Å²) in [6.45, 7) is 2.82. The molecule has 2 aromatic carbocycles. The minimum atomic E-state index is 0.615. The molecule has 6 nitrogen and oxygen atoms in total. The molecular weight excluding hydrogens is 396 g/mol. The van der Waals surface area contributed by atoms with Crippen LogP contribution in [0.4, 0.5) is 11.5 Å². The number of aromatic nitrogens is 3. The van der Waals surface area contributed by atoms with Gasteiger partial charge in [0.1, 0.15) is 5.52 Å². The molecule has 0 radical (unpaired) electrons. The van der Waals surface area contributed by atoms with Gasteiger partial charge < -0.3 is 14.8 Å². The zero-order valence-electron chi connectivity index (χ0n) is 14.8. The molecule has 0 saturated carbocycles. The minimum absolute atomic E-state index is 0.615. The molecule has 7 heteroatoms. The fourth-order valence-electron chi connectivity index (χ4n) is 2.59. The normalized spacial score (nSPS) is 10.7. The third kappa shape index (κ3) is 4.40. The fraction of sp³-hybridized carbons (Fsp3) is 0.316. The van der Waals surface area contributed by atoms with E-state index in [1.165, 1.54) is 0 Å². The smallest absolute Gasteiger partial charge is 0.164 e. The van der Waals surface area contributed by atoms with Gasteiger partial charge in [0, 0.05) is 16.2 Å². The highest BCUT2D eigenvalue weighted by Gasteiger charge is 2.12. The summed E-state index contributed by atoms with van der Waals surface area (Å²) in [6.07, 6.45) is 3.30. The van der Waals surface area contributed by atoms with E-state index < -0.39 is 0 Å². The molecule has 0 amide bonds. The number of unbranched alkanes of at least 4 members (excludes halogenated alkanes) is 2. The van der Waals surface area contributed by atoms with Gasteiger partial charge in [0.05, 0.1) is 19.1 Å². The summed E-state index contributed by atoms with van der Waals surface area (Å²) in [5.41, 5.74) is 1.60. The summed E-state index contributed by atoms with van der Waals surface area (Å²) < 4.78 is 12.4. The lowest BCUT2D eigenvalue weighted by atomic mass is 10.2. The molecule has 0 aliphatic carbocycles. The number of hydrogen-bond donors (Lipinski definition) is 1. The second-order valence-corrected chi connectivity index (χ2v) is 6.76. The molecule has 1 aromatic heterocycles. The summed E-state index contributed by atoms with van der Waals surface area (Å²) in [4.78, 5) is 0. The number of nitrogens with zero attached hydrogens (tertiary/aromatic N) is 3. The third-order valence-electron chi connectivity index (χ3n) is 3.93. The first-order valence-corrected chi connectivity index (χ1v) is 9.37. The first-order chi connectivity index (χ1) is 12.7. The maximum Gasteiger partial charge on any atom is 0.164 e. The summed E-state index contributed by atoms with van der Waals surface area (Å²) in [6, 6.07) is 11.6. The molecule has 0 fully saturated rings. The van der Waals surface area contributed by atoms with Gasteiger partial charge in [0.15, 0.2) is 17.3 Å². The number of hydrogen-bond acceptors (Lipinski definition) is 6.